The van der Waals surface area contributed by atoms with Crippen LogP contribution in [0.3, 0.4) is 0 Å². The molecule has 0 saturated heterocycles. The molecule has 0 aromatic heterocycles. The van der Waals surface area contributed by atoms with Crippen LogP contribution in [0.5, 0.6) is 0 Å². The minimum atomic E-state index is -7.28. The summed E-state index contributed by atoms with van der Waals surface area (Å²) in [6, 6.07) is 0. The van der Waals surface area contributed by atoms with Crippen molar-refractivity contribution in [3.05, 3.63) is 0 Å². The predicted octanol–water partition coefficient (Wildman–Crippen LogP) is 0.116. The van der Waals surface area contributed by atoms with Gasteiger partial charge in [-0.1, -0.05) is 0 Å². The van der Waals surface area contributed by atoms with Crippen molar-refractivity contribution >= 4 is 32.1 Å². The fraction of sp³-hybridized carbons (Fsp3) is 0. The van der Waals surface area contributed by atoms with Crippen molar-refractivity contribution < 1.29 is 10.0 Å². The molecule has 0 fully saturated rings. The van der Waals surface area contributed by atoms with Crippen LogP contribution in [0.4, 0.5) is 10.0 Å². The standard InChI is InChI=1S/BH3.4FH.Pb/h1H3;4*1H;/q;;;;;+4/p-4. The third-order valence-corrected chi connectivity index (χ3v) is 0. The van der Waals surface area contributed by atoms with Crippen LogP contribution >= 0.6 is 0 Å². The molecule has 0 aliphatic carbocycles. The molecule has 6 heavy (non-hydrogen) atoms. The molecule has 0 aliphatic heterocycles. The number of hydrogen-bond acceptors (Lipinski definition) is 0. The summed E-state index contributed by atoms with van der Waals surface area (Å²) in [7, 11) is 0. The average molecular weight is 297 g/mol. The average Bonchev–Trinajstić information content (AvgIpc) is 0.722. The molecule has 0 amide bonds. The second-order valence-electron chi connectivity index (χ2n) is 0.429. The van der Waals surface area contributed by atoms with Crippen LogP contribution in [0.2, 0.25) is 0 Å². The molecule has 0 saturated carbocycles. The van der Waals surface area contributed by atoms with Crippen molar-refractivity contribution in [2.75, 3.05) is 0 Å². The van der Waals surface area contributed by atoms with Gasteiger partial charge in [-0.15, -0.1) is 0 Å². The van der Waals surface area contributed by atoms with Gasteiger partial charge in [0.2, 0.25) is 0 Å². The summed E-state index contributed by atoms with van der Waals surface area (Å²) in [6.45, 7) is 0. The Morgan fingerprint density at radius 1 is 0.833 bits per heavy atom. The topological polar surface area (TPSA) is 0 Å². The molecule has 0 bridgehead atoms. The van der Waals surface area contributed by atoms with Crippen LogP contribution in [-0.4, -0.2) is 32.1 Å². The van der Waals surface area contributed by atoms with E-state index in [-0.39, 0.29) is 8.41 Å². The molecule has 0 spiro atoms. The van der Waals surface area contributed by atoms with Gasteiger partial charge in [-0.05, 0) is 0 Å². The predicted molar refractivity (Wildman–Crippen MR) is 20.1 cm³/mol. The zero-order valence-corrected chi connectivity index (χ0v) is 5.90. The van der Waals surface area contributed by atoms with Crippen LogP contribution in [0.25, 0.3) is 0 Å². The van der Waals surface area contributed by atoms with E-state index in [1.807, 2.05) is 0 Å². The van der Waals surface area contributed by atoms with Crippen molar-refractivity contribution in [3.63, 3.8) is 0 Å². The molecular formula is H3BF4Pb. The number of hydrogen-bond donors (Lipinski definition) is 0. The Kier molecular flexibility index (Phi) is 4.62. The monoisotopic (exact) mass is 298 g/mol. The Labute approximate surface area is 42.5 Å². The first-order chi connectivity index (χ1) is 2.00. The minimum absolute atomic E-state index is 0. The molecule has 0 radical (unpaired) electrons. The second-order valence-corrected chi connectivity index (χ2v) is 3.76. The zero-order valence-electron chi connectivity index (χ0n) is 2.01. The molecule has 0 nitrogen and oxygen atoms in total. The fourth-order valence-electron chi connectivity index (χ4n) is 0. The van der Waals surface area contributed by atoms with Gasteiger partial charge in [-0.3, -0.25) is 0 Å². The van der Waals surface area contributed by atoms with E-state index >= 15 is 0 Å². The van der Waals surface area contributed by atoms with Gasteiger partial charge < -0.3 is 0 Å². The number of rotatable bonds is 0. The molecule has 0 unspecified atom stereocenters. The summed E-state index contributed by atoms with van der Waals surface area (Å²) in [5, 5.41) is 0. The SMILES string of the molecule is B.[F][Pb]([F])([F])[F]. The number of halogens is 4. The van der Waals surface area contributed by atoms with Crippen LogP contribution in [0.1, 0.15) is 0 Å². The third kappa shape index (κ3) is 129. The van der Waals surface area contributed by atoms with E-state index in [9.17, 15) is 10.0 Å². The first kappa shape index (κ1) is 9.86. The second kappa shape index (κ2) is 2.81. The Morgan fingerprint density at radius 2 is 0.833 bits per heavy atom. The summed E-state index contributed by atoms with van der Waals surface area (Å²) in [5.41, 5.74) is 0. The Morgan fingerprint density at radius 3 is 0.833 bits per heavy atom. The van der Waals surface area contributed by atoms with Crippen molar-refractivity contribution in [1.29, 1.82) is 0 Å². The van der Waals surface area contributed by atoms with Gasteiger partial charge >= 0.3 is 33.7 Å². The van der Waals surface area contributed by atoms with Gasteiger partial charge in [0.15, 0.2) is 0 Å². The van der Waals surface area contributed by atoms with E-state index < -0.39 is 23.7 Å². The van der Waals surface area contributed by atoms with Gasteiger partial charge in [0.25, 0.3) is 0 Å². The molecule has 0 atom stereocenters. The van der Waals surface area contributed by atoms with Gasteiger partial charge in [-0.2, -0.15) is 0 Å². The van der Waals surface area contributed by atoms with E-state index in [1.54, 1.807) is 0 Å². The molecule has 6 heteroatoms. The third-order valence-electron chi connectivity index (χ3n) is 0. The molecule has 0 aromatic carbocycles. The molecule has 0 rings (SSSR count). The first-order valence-electron chi connectivity index (χ1n) is 0.756. The summed E-state index contributed by atoms with van der Waals surface area (Å²) >= 11 is -7.28. The van der Waals surface area contributed by atoms with Crippen molar-refractivity contribution in [2.24, 2.45) is 0 Å². The van der Waals surface area contributed by atoms with Crippen molar-refractivity contribution in [2.45, 2.75) is 0 Å². The summed E-state index contributed by atoms with van der Waals surface area (Å²) < 4.78 is 39.6. The van der Waals surface area contributed by atoms with E-state index in [0.717, 1.165) is 0 Å². The van der Waals surface area contributed by atoms with Gasteiger partial charge in [-0.25, -0.2) is 0 Å². The summed E-state index contributed by atoms with van der Waals surface area (Å²) in [6.07, 6.45) is 0. The van der Waals surface area contributed by atoms with Crippen molar-refractivity contribution in [1.82, 2.24) is 0 Å². The van der Waals surface area contributed by atoms with E-state index in [0.29, 0.717) is 0 Å². The van der Waals surface area contributed by atoms with Gasteiger partial charge in [0.05, 0.1) is 8.41 Å². The fourth-order valence-corrected chi connectivity index (χ4v) is 0. The molecular weight excluding hydrogens is 294 g/mol. The normalized spacial score (nSPS) is 10.0. The maximum absolute atomic E-state index is 9.91. The molecule has 0 aromatic rings. The molecule has 0 N–H and O–H groups in total. The zero-order chi connectivity index (χ0) is 4.50. The van der Waals surface area contributed by atoms with E-state index in [2.05, 4.69) is 0 Å². The molecule has 0 aliphatic rings. The van der Waals surface area contributed by atoms with Gasteiger partial charge in [0, 0.05) is 0 Å². The summed E-state index contributed by atoms with van der Waals surface area (Å²) in [4.78, 5) is 0. The quantitative estimate of drug-likeness (QED) is 0.440. The van der Waals surface area contributed by atoms with Crippen LogP contribution < -0.4 is 0 Å². The Bertz CT molecular complexity index is 23.0. The Hall–Kier alpha value is 0.707. The van der Waals surface area contributed by atoms with Crippen LogP contribution in [0.15, 0.2) is 0 Å². The maximum atomic E-state index is 9.91. The Balaban J connectivity index is 0. The van der Waals surface area contributed by atoms with Crippen LogP contribution in [-0.2, 0) is 0 Å². The van der Waals surface area contributed by atoms with Crippen LogP contribution in [0, 0.1) is 0 Å². The van der Waals surface area contributed by atoms with E-state index in [1.165, 1.54) is 0 Å². The molecule has 0 heterocycles. The molecule has 38 valence electrons. The summed E-state index contributed by atoms with van der Waals surface area (Å²) in [5.74, 6) is 0. The first-order valence-corrected chi connectivity index (χ1v) is 6.63. The van der Waals surface area contributed by atoms with Crippen molar-refractivity contribution in [3.8, 4) is 0 Å². The van der Waals surface area contributed by atoms with Gasteiger partial charge in [0.1, 0.15) is 0 Å². The van der Waals surface area contributed by atoms with E-state index in [4.69, 9.17) is 0 Å².